The van der Waals surface area contributed by atoms with E-state index >= 15 is 0 Å². The molecule has 1 aromatic carbocycles. The topological polar surface area (TPSA) is 66.5 Å². The average molecular weight is 322 g/mol. The Balaban J connectivity index is 1.36. The van der Waals surface area contributed by atoms with Gasteiger partial charge < -0.3 is 5.32 Å². The van der Waals surface area contributed by atoms with Crippen LogP contribution in [0.5, 0.6) is 0 Å². The number of benzene rings is 1. The molecule has 2 aliphatic heterocycles. The van der Waals surface area contributed by atoms with E-state index in [-0.39, 0.29) is 23.3 Å². The van der Waals surface area contributed by atoms with Gasteiger partial charge in [0.25, 0.3) is 0 Å². The molecule has 2 aliphatic rings. The van der Waals surface area contributed by atoms with E-state index in [1.54, 1.807) is 0 Å². The second kappa shape index (κ2) is 6.38. The molecule has 1 fully saturated rings. The summed E-state index contributed by atoms with van der Waals surface area (Å²) in [4.78, 5) is 14.3. The fraction of sp³-hybridized carbons (Fsp3) is 0.562. The van der Waals surface area contributed by atoms with E-state index in [1.807, 2.05) is 0 Å². The molecule has 1 saturated heterocycles. The molecule has 0 aliphatic carbocycles. The number of nitrogens with one attached hydrogen (secondary N) is 1. The molecular formula is C16H22N2O3S. The van der Waals surface area contributed by atoms with Crippen LogP contribution < -0.4 is 5.32 Å². The van der Waals surface area contributed by atoms with E-state index in [1.165, 1.54) is 11.1 Å². The van der Waals surface area contributed by atoms with E-state index in [4.69, 9.17) is 0 Å². The number of amides is 1. The highest BCUT2D eigenvalue weighted by atomic mass is 32.2. The first-order chi connectivity index (χ1) is 10.5. The van der Waals surface area contributed by atoms with Crippen molar-refractivity contribution >= 4 is 15.7 Å². The van der Waals surface area contributed by atoms with Crippen LogP contribution in [-0.4, -0.2) is 43.8 Å². The summed E-state index contributed by atoms with van der Waals surface area (Å²) in [6.45, 7) is 3.51. The zero-order chi connectivity index (χ0) is 15.6. The van der Waals surface area contributed by atoms with Crippen LogP contribution >= 0.6 is 0 Å². The molecule has 5 nitrogen and oxygen atoms in total. The van der Waals surface area contributed by atoms with Gasteiger partial charge in [0.1, 0.15) is 0 Å². The minimum atomic E-state index is -2.98. The van der Waals surface area contributed by atoms with Gasteiger partial charge in [-0.3, -0.25) is 9.69 Å². The van der Waals surface area contributed by atoms with Crippen LogP contribution in [0.4, 0.5) is 0 Å². The minimum Gasteiger partial charge on any atom is -0.356 e. The van der Waals surface area contributed by atoms with Crippen molar-refractivity contribution in [3.63, 3.8) is 0 Å². The lowest BCUT2D eigenvalue weighted by molar-refractivity contribution is -0.124. The molecule has 0 aromatic heterocycles. The zero-order valence-corrected chi connectivity index (χ0v) is 13.4. The summed E-state index contributed by atoms with van der Waals surface area (Å²) in [6, 6.07) is 8.46. The van der Waals surface area contributed by atoms with Crippen molar-refractivity contribution in [1.29, 1.82) is 0 Å². The van der Waals surface area contributed by atoms with E-state index in [0.717, 1.165) is 26.1 Å². The van der Waals surface area contributed by atoms with Crippen molar-refractivity contribution in [2.24, 2.45) is 5.92 Å². The summed E-state index contributed by atoms with van der Waals surface area (Å²) in [6.07, 6.45) is 1.36. The van der Waals surface area contributed by atoms with Crippen molar-refractivity contribution in [3.05, 3.63) is 35.4 Å². The Morgan fingerprint density at radius 1 is 1.23 bits per heavy atom. The maximum atomic E-state index is 11.9. The van der Waals surface area contributed by atoms with Gasteiger partial charge in [-0.25, -0.2) is 8.42 Å². The van der Waals surface area contributed by atoms with Crippen LogP contribution in [-0.2, 0) is 27.7 Å². The van der Waals surface area contributed by atoms with E-state index < -0.39 is 9.84 Å². The maximum Gasteiger partial charge on any atom is 0.224 e. The summed E-state index contributed by atoms with van der Waals surface area (Å²) in [5.41, 5.74) is 2.78. The van der Waals surface area contributed by atoms with Crippen LogP contribution in [0.3, 0.4) is 0 Å². The fourth-order valence-electron chi connectivity index (χ4n) is 3.22. The molecule has 0 saturated carbocycles. The van der Waals surface area contributed by atoms with Gasteiger partial charge in [0.15, 0.2) is 9.84 Å². The minimum absolute atomic E-state index is 0.0142. The van der Waals surface area contributed by atoms with E-state index in [2.05, 4.69) is 34.5 Å². The van der Waals surface area contributed by atoms with Crippen molar-refractivity contribution in [3.8, 4) is 0 Å². The predicted octanol–water partition coefficient (Wildman–Crippen LogP) is 0.943. The van der Waals surface area contributed by atoms with Gasteiger partial charge >= 0.3 is 0 Å². The first kappa shape index (κ1) is 15.5. The number of carbonyl (C=O) groups excluding carboxylic acids is 1. The van der Waals surface area contributed by atoms with Crippen LogP contribution in [0.15, 0.2) is 24.3 Å². The summed E-state index contributed by atoms with van der Waals surface area (Å²) in [5.74, 6) is -0.288. The molecule has 1 unspecified atom stereocenters. The molecule has 1 amide bonds. The summed E-state index contributed by atoms with van der Waals surface area (Å²) in [7, 11) is -2.98. The maximum absolute atomic E-state index is 11.9. The predicted molar refractivity (Wildman–Crippen MR) is 84.9 cm³/mol. The SMILES string of the molecule is O=C(NCCCN1Cc2ccccc2C1)C1CCS(=O)(=O)C1. The summed E-state index contributed by atoms with van der Waals surface area (Å²) >= 11 is 0. The second-order valence-electron chi connectivity index (χ2n) is 6.22. The molecule has 3 rings (SSSR count). The highest BCUT2D eigenvalue weighted by Crippen LogP contribution is 2.22. The van der Waals surface area contributed by atoms with Crippen LogP contribution in [0.2, 0.25) is 0 Å². The van der Waals surface area contributed by atoms with Gasteiger partial charge in [-0.05, 0) is 24.0 Å². The molecule has 0 spiro atoms. The van der Waals surface area contributed by atoms with E-state index in [9.17, 15) is 13.2 Å². The highest BCUT2D eigenvalue weighted by Gasteiger charge is 2.32. The van der Waals surface area contributed by atoms with Gasteiger partial charge in [0.2, 0.25) is 5.91 Å². The number of nitrogens with zero attached hydrogens (tertiary/aromatic N) is 1. The van der Waals surface area contributed by atoms with Gasteiger partial charge in [-0.2, -0.15) is 0 Å². The molecular weight excluding hydrogens is 300 g/mol. The molecule has 1 atom stereocenters. The van der Waals surface area contributed by atoms with Crippen LogP contribution in [0.25, 0.3) is 0 Å². The molecule has 6 heteroatoms. The van der Waals surface area contributed by atoms with Crippen molar-refractivity contribution in [2.75, 3.05) is 24.6 Å². The van der Waals surface area contributed by atoms with E-state index in [0.29, 0.717) is 13.0 Å². The Bertz CT molecular complexity index is 632. The number of fused-ring (bicyclic) bond motifs is 1. The van der Waals surface area contributed by atoms with Gasteiger partial charge in [0, 0.05) is 26.2 Å². The number of hydrogen-bond acceptors (Lipinski definition) is 4. The number of rotatable bonds is 5. The standard InChI is InChI=1S/C16H22N2O3S/c19-16(15-6-9-22(20,21)12-15)17-7-3-8-18-10-13-4-1-2-5-14(13)11-18/h1-2,4-5,15H,3,6-12H2,(H,17,19). The average Bonchev–Trinajstić information content (AvgIpc) is 3.05. The lowest BCUT2D eigenvalue weighted by atomic mass is 10.1. The van der Waals surface area contributed by atoms with Crippen LogP contribution in [0, 0.1) is 5.92 Å². The third kappa shape index (κ3) is 3.67. The van der Waals surface area contributed by atoms with Crippen molar-refractivity contribution in [1.82, 2.24) is 10.2 Å². The normalized spacial score (nSPS) is 23.4. The Labute approximate surface area is 131 Å². The van der Waals surface area contributed by atoms with Gasteiger partial charge in [0.05, 0.1) is 17.4 Å². The Morgan fingerprint density at radius 3 is 2.50 bits per heavy atom. The number of sulfone groups is 1. The highest BCUT2D eigenvalue weighted by molar-refractivity contribution is 7.91. The first-order valence-corrected chi connectivity index (χ1v) is 9.63. The largest absolute Gasteiger partial charge is 0.356 e. The quantitative estimate of drug-likeness (QED) is 0.820. The zero-order valence-electron chi connectivity index (χ0n) is 12.6. The third-order valence-electron chi connectivity index (χ3n) is 4.46. The number of carbonyl (C=O) groups is 1. The lowest BCUT2D eigenvalue weighted by Gasteiger charge is -2.15. The molecule has 22 heavy (non-hydrogen) atoms. The number of hydrogen-bond donors (Lipinski definition) is 1. The van der Waals surface area contributed by atoms with Crippen LogP contribution in [0.1, 0.15) is 24.0 Å². The Hall–Kier alpha value is -1.40. The first-order valence-electron chi connectivity index (χ1n) is 7.81. The molecule has 1 aromatic rings. The molecule has 120 valence electrons. The molecule has 0 bridgehead atoms. The molecule has 2 heterocycles. The van der Waals surface area contributed by atoms with Crippen molar-refractivity contribution < 1.29 is 13.2 Å². The smallest absolute Gasteiger partial charge is 0.224 e. The summed E-state index contributed by atoms with van der Waals surface area (Å²) in [5, 5.41) is 2.88. The fourth-order valence-corrected chi connectivity index (χ4v) is 4.96. The van der Waals surface area contributed by atoms with Gasteiger partial charge in [-0.15, -0.1) is 0 Å². The second-order valence-corrected chi connectivity index (χ2v) is 8.45. The van der Waals surface area contributed by atoms with Crippen molar-refractivity contribution in [2.45, 2.75) is 25.9 Å². The van der Waals surface area contributed by atoms with Gasteiger partial charge in [-0.1, -0.05) is 24.3 Å². The Kier molecular flexibility index (Phi) is 4.49. The third-order valence-corrected chi connectivity index (χ3v) is 6.23. The molecule has 1 N–H and O–H groups in total. The summed E-state index contributed by atoms with van der Waals surface area (Å²) < 4.78 is 22.7. The monoisotopic (exact) mass is 322 g/mol. The lowest BCUT2D eigenvalue weighted by Crippen LogP contribution is -2.33. The molecule has 0 radical (unpaired) electrons. The Morgan fingerprint density at radius 2 is 1.91 bits per heavy atom.